The molecule has 3 aromatic heterocycles. The highest BCUT2D eigenvalue weighted by Crippen LogP contribution is 2.31. The molecule has 1 unspecified atom stereocenters. The molecule has 1 saturated carbocycles. The van der Waals surface area contributed by atoms with Gasteiger partial charge in [0.1, 0.15) is 18.2 Å². The zero-order valence-electron chi connectivity index (χ0n) is 26.9. The summed E-state index contributed by atoms with van der Waals surface area (Å²) in [5.41, 5.74) is 12.4. The van der Waals surface area contributed by atoms with Crippen molar-refractivity contribution in [2.24, 2.45) is 11.7 Å². The molecule has 1 aromatic carbocycles. The van der Waals surface area contributed by atoms with E-state index in [9.17, 15) is 14.7 Å². The van der Waals surface area contributed by atoms with Crippen molar-refractivity contribution in [3.8, 4) is 27.4 Å². The Hall–Kier alpha value is -3.84. The maximum atomic E-state index is 14.1. The number of aromatic nitrogens is 4. The lowest BCUT2D eigenvalue weighted by atomic mass is 9.90. The van der Waals surface area contributed by atoms with Gasteiger partial charge in [-0.2, -0.15) is 5.10 Å². The number of carbonyl (C=O) groups is 2. The molecule has 1 aliphatic carbocycles. The summed E-state index contributed by atoms with van der Waals surface area (Å²) in [4.78, 5) is 39.0. The quantitative estimate of drug-likeness (QED) is 0.218. The summed E-state index contributed by atoms with van der Waals surface area (Å²) in [6.07, 6.45) is 6.32. The lowest BCUT2D eigenvalue weighted by molar-refractivity contribution is -0.142. The van der Waals surface area contributed by atoms with E-state index in [-0.39, 0.29) is 61.3 Å². The lowest BCUT2D eigenvalue weighted by Crippen LogP contribution is -2.49. The van der Waals surface area contributed by atoms with Crippen LogP contribution in [0.15, 0.2) is 60.5 Å². The van der Waals surface area contributed by atoms with Crippen LogP contribution < -0.4 is 15.8 Å². The van der Waals surface area contributed by atoms with Gasteiger partial charge in [-0.05, 0) is 55.4 Å². The zero-order valence-corrected chi connectivity index (χ0v) is 28.6. The molecular formula is C34H42ClN7O4S. The van der Waals surface area contributed by atoms with Crippen molar-refractivity contribution >= 4 is 35.6 Å². The number of hydrogen-bond acceptors (Lipinski definition) is 9. The van der Waals surface area contributed by atoms with E-state index in [1.54, 1.807) is 28.4 Å². The third kappa shape index (κ3) is 7.51. The van der Waals surface area contributed by atoms with E-state index in [2.05, 4.69) is 20.4 Å². The van der Waals surface area contributed by atoms with Crippen LogP contribution in [-0.4, -0.2) is 72.4 Å². The van der Waals surface area contributed by atoms with Crippen LogP contribution in [0.4, 0.5) is 0 Å². The van der Waals surface area contributed by atoms with Crippen LogP contribution in [0.1, 0.15) is 63.4 Å². The van der Waals surface area contributed by atoms with Crippen LogP contribution in [0, 0.1) is 12.8 Å². The van der Waals surface area contributed by atoms with Crippen LogP contribution in [-0.2, 0) is 9.59 Å². The average Bonchev–Trinajstić information content (AvgIpc) is 3.76. The fraction of sp³-hybridized carbons (Fsp3) is 0.441. The Bertz CT molecular complexity index is 1690. The number of ether oxygens (including phenoxy) is 1. The number of benzene rings is 1. The molecule has 2 aliphatic rings. The third-order valence-corrected chi connectivity index (χ3v) is 9.88. The number of aliphatic hydroxyl groups excluding tert-OH is 1. The van der Waals surface area contributed by atoms with Crippen LogP contribution in [0.5, 0.6) is 5.88 Å². The van der Waals surface area contributed by atoms with E-state index >= 15 is 0 Å². The molecule has 4 aromatic rings. The van der Waals surface area contributed by atoms with Gasteiger partial charge in [-0.3, -0.25) is 14.3 Å². The van der Waals surface area contributed by atoms with E-state index in [1.807, 2.05) is 75.8 Å². The molecule has 0 spiro atoms. The van der Waals surface area contributed by atoms with Crippen LogP contribution >= 0.6 is 23.7 Å². The highest BCUT2D eigenvalue weighted by atomic mass is 35.5. The van der Waals surface area contributed by atoms with Crippen molar-refractivity contribution < 1.29 is 19.4 Å². The van der Waals surface area contributed by atoms with Crippen molar-refractivity contribution in [3.05, 3.63) is 71.8 Å². The van der Waals surface area contributed by atoms with Crippen molar-refractivity contribution in [1.82, 2.24) is 30.0 Å². The second-order valence-corrected chi connectivity index (χ2v) is 13.6. The van der Waals surface area contributed by atoms with Gasteiger partial charge < -0.3 is 25.8 Å². The lowest BCUT2D eigenvalue weighted by Gasteiger charge is -2.32. The average molecular weight is 680 g/mol. The van der Waals surface area contributed by atoms with Gasteiger partial charge in [0.15, 0.2) is 0 Å². The normalized spacial score (nSPS) is 21.9. The molecule has 47 heavy (non-hydrogen) atoms. The maximum absolute atomic E-state index is 14.1. The van der Waals surface area contributed by atoms with Crippen molar-refractivity contribution in [3.63, 3.8) is 0 Å². The van der Waals surface area contributed by atoms with Gasteiger partial charge >= 0.3 is 0 Å². The fourth-order valence-corrected chi connectivity index (χ4v) is 7.05. The Kier molecular flexibility index (Phi) is 10.6. The number of pyridine rings is 1. The van der Waals surface area contributed by atoms with Crippen LogP contribution in [0.25, 0.3) is 21.6 Å². The molecule has 4 N–H and O–H groups in total. The molecule has 1 saturated heterocycles. The predicted molar refractivity (Wildman–Crippen MR) is 183 cm³/mol. The third-order valence-electron chi connectivity index (χ3n) is 8.90. The van der Waals surface area contributed by atoms with Gasteiger partial charge in [0, 0.05) is 43.0 Å². The molecule has 6 rings (SSSR count). The number of nitrogens with one attached hydrogen (secondary N) is 1. The maximum Gasteiger partial charge on any atom is 0.248 e. The summed E-state index contributed by atoms with van der Waals surface area (Å²) in [6.45, 7) is 7.89. The Morgan fingerprint density at radius 3 is 2.47 bits per heavy atom. The van der Waals surface area contributed by atoms with E-state index in [0.717, 1.165) is 45.7 Å². The van der Waals surface area contributed by atoms with E-state index < -0.39 is 18.2 Å². The second-order valence-electron chi connectivity index (χ2n) is 12.8. The van der Waals surface area contributed by atoms with Crippen molar-refractivity contribution in [1.29, 1.82) is 0 Å². The summed E-state index contributed by atoms with van der Waals surface area (Å²) in [7, 11) is 0. The summed E-state index contributed by atoms with van der Waals surface area (Å²) in [5.74, 6) is -0.141. The minimum atomic E-state index is -0.793. The van der Waals surface area contributed by atoms with Gasteiger partial charge in [-0.15, -0.1) is 23.7 Å². The number of hydrogen-bond donors (Lipinski definition) is 3. The molecule has 1 aliphatic heterocycles. The first-order valence-electron chi connectivity index (χ1n) is 15.8. The number of halogens is 1. The first kappa shape index (κ1) is 34.5. The number of nitrogens with two attached hydrogens (primary N) is 1. The Morgan fingerprint density at radius 1 is 1.06 bits per heavy atom. The molecule has 13 heteroatoms. The predicted octanol–water partition coefficient (Wildman–Crippen LogP) is 4.70. The van der Waals surface area contributed by atoms with Crippen LogP contribution in [0.2, 0.25) is 0 Å². The summed E-state index contributed by atoms with van der Waals surface area (Å²) in [6, 6.07) is 10.2. The minimum absolute atomic E-state index is 0. The number of aliphatic hydroxyl groups is 1. The molecular weight excluding hydrogens is 638 g/mol. The van der Waals surface area contributed by atoms with E-state index in [4.69, 9.17) is 10.5 Å². The summed E-state index contributed by atoms with van der Waals surface area (Å²) >= 11 is 1.60. The van der Waals surface area contributed by atoms with Gasteiger partial charge in [0.25, 0.3) is 0 Å². The Labute approximate surface area is 285 Å². The number of amides is 2. The Morgan fingerprint density at radius 2 is 1.81 bits per heavy atom. The number of nitrogens with zero attached hydrogens (tertiary/aromatic N) is 5. The topological polar surface area (TPSA) is 148 Å². The fourth-order valence-electron chi connectivity index (χ4n) is 6.24. The second kappa shape index (κ2) is 14.5. The molecule has 4 atom stereocenters. The minimum Gasteiger partial charge on any atom is -0.474 e. The standard InChI is InChI=1S/C34H41N7O4S.ClH/c1-19(2)31(41-16-25(15-38-41)24-9-10-36-30(11-24)45-28-12-26(35)13-28)34(44)40-17-27(42)14-29(40)33(43)39-20(3)22-5-7-23(8-6-22)32-21(4)37-18-46-32;/h5-11,15-16,18-20,26-29,31,42H,12-14,17,35H2,1-4H3,(H,39,43);1H/t20?,26?,27-,28?,29+,31-;/m1./s1. The number of β-amino-alcohol motifs (C(OH)–C–C–N with tert-alkyl or cyclic N) is 1. The number of aryl methyl sites for hydroxylation is 1. The number of thiazole rings is 1. The molecule has 11 nitrogen and oxygen atoms in total. The van der Waals surface area contributed by atoms with Crippen LogP contribution in [0.3, 0.4) is 0 Å². The van der Waals surface area contributed by atoms with Crippen molar-refractivity contribution in [2.45, 2.75) is 83.3 Å². The smallest absolute Gasteiger partial charge is 0.248 e. The first-order valence-corrected chi connectivity index (χ1v) is 16.7. The molecule has 2 amide bonds. The molecule has 250 valence electrons. The SMILES string of the molecule is Cc1ncsc1-c1ccc(C(C)NC(=O)[C@@H]2C[C@@H](O)CN2C(=O)[C@@H](C(C)C)n2cc(-c3ccnc(OC4CC(N)C4)c3)cn2)cc1.Cl. The van der Waals surface area contributed by atoms with Gasteiger partial charge in [0.05, 0.1) is 34.4 Å². The highest BCUT2D eigenvalue weighted by molar-refractivity contribution is 7.13. The highest BCUT2D eigenvalue weighted by Gasteiger charge is 2.43. The number of rotatable bonds is 10. The molecule has 4 heterocycles. The molecule has 0 radical (unpaired) electrons. The molecule has 2 fully saturated rings. The van der Waals surface area contributed by atoms with Crippen molar-refractivity contribution in [2.75, 3.05) is 6.54 Å². The largest absolute Gasteiger partial charge is 0.474 e. The Balaban J connectivity index is 0.00000433. The molecule has 0 bridgehead atoms. The monoisotopic (exact) mass is 679 g/mol. The van der Waals surface area contributed by atoms with Gasteiger partial charge in [0.2, 0.25) is 17.7 Å². The van der Waals surface area contributed by atoms with E-state index in [1.165, 1.54) is 4.90 Å². The van der Waals surface area contributed by atoms with E-state index in [0.29, 0.717) is 5.88 Å². The zero-order chi connectivity index (χ0) is 32.5. The summed E-state index contributed by atoms with van der Waals surface area (Å²) in [5, 5.41) is 18.2. The van der Waals surface area contributed by atoms with Gasteiger partial charge in [-0.25, -0.2) is 9.97 Å². The number of likely N-dealkylation sites (tertiary alicyclic amines) is 1. The first-order chi connectivity index (χ1) is 22.1. The summed E-state index contributed by atoms with van der Waals surface area (Å²) < 4.78 is 7.62. The number of carbonyl (C=O) groups excluding carboxylic acids is 2. The van der Waals surface area contributed by atoms with Gasteiger partial charge in [-0.1, -0.05) is 38.1 Å².